The monoisotopic (exact) mass is 603 g/mol. The SMILES string of the molecule is C[C@@H](C(=O)NC(C)(C)C)N(Cc1ccc(Br)cc1)C(=O)CN(c1ccc(F)cc1)S(=O)(=O)c1ccccc1. The highest BCUT2D eigenvalue weighted by Crippen LogP contribution is 2.25. The molecule has 0 heterocycles. The van der Waals surface area contributed by atoms with Gasteiger partial charge in [-0.1, -0.05) is 46.3 Å². The topological polar surface area (TPSA) is 86.8 Å². The van der Waals surface area contributed by atoms with E-state index in [0.29, 0.717) is 0 Å². The maximum absolute atomic E-state index is 13.8. The van der Waals surface area contributed by atoms with Crippen LogP contribution in [0.15, 0.2) is 88.2 Å². The first kappa shape index (κ1) is 29.3. The Morgan fingerprint density at radius 1 is 0.947 bits per heavy atom. The van der Waals surface area contributed by atoms with Crippen LogP contribution in [0.3, 0.4) is 0 Å². The summed E-state index contributed by atoms with van der Waals surface area (Å²) in [6.45, 7) is 6.59. The molecule has 0 aliphatic rings. The summed E-state index contributed by atoms with van der Waals surface area (Å²) < 4.78 is 42.7. The normalized spacial score (nSPS) is 12.5. The van der Waals surface area contributed by atoms with Gasteiger partial charge in [-0.25, -0.2) is 12.8 Å². The summed E-state index contributed by atoms with van der Waals surface area (Å²) in [7, 11) is -4.19. The van der Waals surface area contributed by atoms with Crippen molar-refractivity contribution in [2.45, 2.75) is 50.7 Å². The van der Waals surface area contributed by atoms with Crippen LogP contribution < -0.4 is 9.62 Å². The third-order valence-electron chi connectivity index (χ3n) is 5.66. The molecule has 0 bridgehead atoms. The predicted octanol–water partition coefficient (Wildman–Crippen LogP) is 5.12. The average Bonchev–Trinajstić information content (AvgIpc) is 2.86. The Morgan fingerprint density at radius 2 is 1.53 bits per heavy atom. The van der Waals surface area contributed by atoms with Crippen LogP contribution >= 0.6 is 15.9 Å². The van der Waals surface area contributed by atoms with E-state index in [1.165, 1.54) is 29.2 Å². The molecular formula is C28H31BrFN3O4S. The summed E-state index contributed by atoms with van der Waals surface area (Å²) in [5, 5.41) is 2.88. The average molecular weight is 605 g/mol. The first-order valence-electron chi connectivity index (χ1n) is 12.0. The highest BCUT2D eigenvalue weighted by atomic mass is 79.9. The number of nitrogens with one attached hydrogen (secondary N) is 1. The maximum atomic E-state index is 13.8. The molecule has 0 fully saturated rings. The van der Waals surface area contributed by atoms with Gasteiger partial charge < -0.3 is 10.2 Å². The van der Waals surface area contributed by atoms with E-state index in [-0.39, 0.29) is 23.0 Å². The number of hydrogen-bond acceptors (Lipinski definition) is 4. The quantitative estimate of drug-likeness (QED) is 0.368. The van der Waals surface area contributed by atoms with Crippen molar-refractivity contribution < 1.29 is 22.4 Å². The molecule has 1 N–H and O–H groups in total. The van der Waals surface area contributed by atoms with Gasteiger partial charge in [-0.15, -0.1) is 0 Å². The zero-order valence-electron chi connectivity index (χ0n) is 21.7. The smallest absolute Gasteiger partial charge is 0.264 e. The summed E-state index contributed by atoms with van der Waals surface area (Å²) in [4.78, 5) is 28.2. The Morgan fingerprint density at radius 3 is 2.08 bits per heavy atom. The molecule has 2 amide bonds. The first-order chi connectivity index (χ1) is 17.8. The van der Waals surface area contributed by atoms with Gasteiger partial charge >= 0.3 is 0 Å². The fourth-order valence-electron chi connectivity index (χ4n) is 3.70. The molecule has 0 saturated heterocycles. The zero-order chi connectivity index (χ0) is 28.1. The lowest BCUT2D eigenvalue weighted by Gasteiger charge is -2.33. The van der Waals surface area contributed by atoms with Crippen LogP contribution in [0.1, 0.15) is 33.3 Å². The number of benzene rings is 3. The molecule has 38 heavy (non-hydrogen) atoms. The summed E-state index contributed by atoms with van der Waals surface area (Å²) in [6, 6.07) is 18.9. The fraction of sp³-hybridized carbons (Fsp3) is 0.286. The molecule has 0 aliphatic carbocycles. The molecule has 10 heteroatoms. The van der Waals surface area contributed by atoms with Crippen LogP contribution in [0.4, 0.5) is 10.1 Å². The fourth-order valence-corrected chi connectivity index (χ4v) is 5.40. The Hall–Kier alpha value is -3.24. The van der Waals surface area contributed by atoms with Gasteiger partial charge in [0.1, 0.15) is 18.4 Å². The number of carbonyl (C=O) groups is 2. The largest absolute Gasteiger partial charge is 0.350 e. The van der Waals surface area contributed by atoms with Crippen molar-refractivity contribution in [3.63, 3.8) is 0 Å². The molecule has 7 nitrogen and oxygen atoms in total. The van der Waals surface area contributed by atoms with E-state index in [4.69, 9.17) is 0 Å². The van der Waals surface area contributed by atoms with Crippen molar-refractivity contribution in [1.29, 1.82) is 0 Å². The van der Waals surface area contributed by atoms with Crippen LogP contribution in [0, 0.1) is 5.82 Å². The number of amides is 2. The summed E-state index contributed by atoms with van der Waals surface area (Å²) in [5.74, 6) is -1.50. The molecular weight excluding hydrogens is 573 g/mol. The van der Waals surface area contributed by atoms with E-state index in [1.807, 2.05) is 45.0 Å². The Bertz CT molecular complexity index is 1360. The van der Waals surface area contributed by atoms with E-state index in [2.05, 4.69) is 21.2 Å². The molecule has 0 saturated carbocycles. The number of carbonyl (C=O) groups excluding carboxylic acids is 2. The minimum atomic E-state index is -4.19. The third-order valence-corrected chi connectivity index (χ3v) is 7.97. The van der Waals surface area contributed by atoms with Gasteiger partial charge in [0.25, 0.3) is 10.0 Å². The summed E-state index contributed by atoms with van der Waals surface area (Å²) in [6.07, 6.45) is 0. The molecule has 1 atom stereocenters. The standard InChI is InChI=1S/C28H31BrFN3O4S/c1-20(27(35)31-28(2,3)4)32(18-21-10-12-22(29)13-11-21)26(34)19-33(24-16-14-23(30)15-17-24)38(36,37)25-8-6-5-7-9-25/h5-17,20H,18-19H2,1-4H3,(H,31,35)/t20-/m0/s1. The van der Waals surface area contributed by atoms with Gasteiger partial charge in [0, 0.05) is 16.6 Å². The second-order valence-electron chi connectivity index (χ2n) is 9.86. The summed E-state index contributed by atoms with van der Waals surface area (Å²) >= 11 is 3.39. The lowest BCUT2D eigenvalue weighted by Crippen LogP contribution is -2.54. The van der Waals surface area contributed by atoms with Crippen molar-refractivity contribution in [3.05, 3.63) is 94.7 Å². The van der Waals surface area contributed by atoms with E-state index in [1.54, 1.807) is 25.1 Å². The van der Waals surface area contributed by atoms with Crippen molar-refractivity contribution in [1.82, 2.24) is 10.2 Å². The number of hydrogen-bond donors (Lipinski definition) is 1. The minimum Gasteiger partial charge on any atom is -0.350 e. The van der Waals surface area contributed by atoms with Gasteiger partial charge in [-0.2, -0.15) is 0 Å². The number of rotatable bonds is 9. The Labute approximate surface area is 231 Å². The van der Waals surface area contributed by atoms with Crippen LogP contribution in [-0.4, -0.2) is 43.3 Å². The third kappa shape index (κ3) is 7.64. The van der Waals surface area contributed by atoms with Gasteiger partial charge in [-0.05, 0) is 81.8 Å². The Kier molecular flexibility index (Phi) is 9.32. The van der Waals surface area contributed by atoms with Crippen LogP contribution in [-0.2, 0) is 26.2 Å². The molecule has 3 aromatic rings. The second-order valence-corrected chi connectivity index (χ2v) is 12.6. The van der Waals surface area contributed by atoms with E-state index in [9.17, 15) is 22.4 Å². The van der Waals surface area contributed by atoms with E-state index < -0.39 is 39.9 Å². The number of anilines is 1. The van der Waals surface area contributed by atoms with Crippen LogP contribution in [0.5, 0.6) is 0 Å². The highest BCUT2D eigenvalue weighted by Gasteiger charge is 2.33. The molecule has 0 unspecified atom stereocenters. The van der Waals surface area contributed by atoms with Gasteiger partial charge in [-0.3, -0.25) is 13.9 Å². The predicted molar refractivity (Wildman–Crippen MR) is 149 cm³/mol. The van der Waals surface area contributed by atoms with Gasteiger partial charge in [0.2, 0.25) is 11.8 Å². The molecule has 3 aromatic carbocycles. The minimum absolute atomic E-state index is 0.0184. The van der Waals surface area contributed by atoms with Gasteiger partial charge in [0.15, 0.2) is 0 Å². The molecule has 0 aliphatic heterocycles. The second kappa shape index (κ2) is 12.1. The molecule has 3 rings (SSSR count). The van der Waals surface area contributed by atoms with Crippen molar-refractivity contribution in [2.75, 3.05) is 10.8 Å². The lowest BCUT2D eigenvalue weighted by atomic mass is 10.1. The molecule has 0 radical (unpaired) electrons. The maximum Gasteiger partial charge on any atom is 0.264 e. The molecule has 202 valence electrons. The van der Waals surface area contributed by atoms with Gasteiger partial charge in [0.05, 0.1) is 10.6 Å². The van der Waals surface area contributed by atoms with E-state index >= 15 is 0 Å². The summed E-state index contributed by atoms with van der Waals surface area (Å²) in [5.41, 5.74) is 0.351. The lowest BCUT2D eigenvalue weighted by molar-refractivity contribution is -0.140. The van der Waals surface area contributed by atoms with Crippen molar-refractivity contribution >= 4 is 43.5 Å². The first-order valence-corrected chi connectivity index (χ1v) is 14.2. The van der Waals surface area contributed by atoms with E-state index in [0.717, 1.165) is 26.5 Å². The number of nitrogens with zero attached hydrogens (tertiary/aromatic N) is 2. The zero-order valence-corrected chi connectivity index (χ0v) is 24.1. The number of sulfonamides is 1. The van der Waals surface area contributed by atoms with Crippen LogP contribution in [0.2, 0.25) is 0 Å². The van der Waals surface area contributed by atoms with Crippen LogP contribution in [0.25, 0.3) is 0 Å². The molecule has 0 aromatic heterocycles. The molecule has 0 spiro atoms. The van der Waals surface area contributed by atoms with Crippen molar-refractivity contribution in [3.8, 4) is 0 Å². The Balaban J connectivity index is 2.01. The number of halogens is 2. The highest BCUT2D eigenvalue weighted by molar-refractivity contribution is 9.10. The van der Waals surface area contributed by atoms with Crippen molar-refractivity contribution in [2.24, 2.45) is 0 Å².